The van der Waals surface area contributed by atoms with Gasteiger partial charge in [-0.25, -0.2) is 0 Å². The topological polar surface area (TPSA) is 17.3 Å². The van der Waals surface area contributed by atoms with Crippen LogP contribution in [-0.4, -0.2) is 10.8 Å². The molecule has 0 saturated heterocycles. The predicted molar refractivity (Wildman–Crippen MR) is 140 cm³/mol. The summed E-state index contributed by atoms with van der Waals surface area (Å²) >= 11 is 6.05. The van der Waals surface area contributed by atoms with E-state index in [1.807, 2.05) is 42.6 Å². The lowest BCUT2D eigenvalue weighted by molar-refractivity contribution is 1.09. The third-order valence-electron chi connectivity index (χ3n) is 5.62. The molecule has 0 amide bonds. The van der Waals surface area contributed by atoms with E-state index in [-0.39, 0.29) is 0 Å². The van der Waals surface area contributed by atoms with Gasteiger partial charge in [-0.05, 0) is 60.5 Å². The highest BCUT2D eigenvalue weighted by Gasteiger charge is 2.18. The van der Waals surface area contributed by atoms with E-state index in [4.69, 9.17) is 16.6 Å². The van der Waals surface area contributed by atoms with E-state index in [2.05, 4.69) is 90.4 Å². The fourth-order valence-corrected chi connectivity index (χ4v) is 4.10. The van der Waals surface area contributed by atoms with Gasteiger partial charge < -0.3 is 4.57 Å². The number of aliphatic imine (C=N–C) groups is 1. The van der Waals surface area contributed by atoms with Gasteiger partial charge in [-0.15, -0.1) is 0 Å². The Balaban J connectivity index is 1.76. The SMILES string of the molecule is Cc1ccc(-n2c(-c3ccccc3)cc(C=Nc3ccc(Cl)cc3)c2-c2ccccc2)cc1. The zero-order valence-electron chi connectivity index (χ0n) is 18.3. The Labute approximate surface area is 199 Å². The molecule has 0 bridgehead atoms. The normalized spacial score (nSPS) is 11.2. The number of aromatic nitrogens is 1. The van der Waals surface area contributed by atoms with Crippen LogP contribution in [0.2, 0.25) is 5.02 Å². The summed E-state index contributed by atoms with van der Waals surface area (Å²) in [4.78, 5) is 4.76. The fraction of sp³-hybridized carbons (Fsp3) is 0.0333. The average molecular weight is 447 g/mol. The van der Waals surface area contributed by atoms with Crippen LogP contribution in [0.25, 0.3) is 28.2 Å². The summed E-state index contributed by atoms with van der Waals surface area (Å²) in [6.07, 6.45) is 1.95. The molecule has 0 aliphatic carbocycles. The number of benzene rings is 4. The van der Waals surface area contributed by atoms with Crippen molar-refractivity contribution in [2.45, 2.75) is 6.92 Å². The van der Waals surface area contributed by atoms with Gasteiger partial charge in [0, 0.05) is 22.5 Å². The van der Waals surface area contributed by atoms with Crippen LogP contribution < -0.4 is 0 Å². The largest absolute Gasteiger partial charge is 0.309 e. The fourth-order valence-electron chi connectivity index (χ4n) is 3.97. The molecule has 5 rings (SSSR count). The van der Waals surface area contributed by atoms with E-state index in [1.54, 1.807) is 0 Å². The molecule has 0 radical (unpaired) electrons. The zero-order chi connectivity index (χ0) is 22.6. The number of hydrogen-bond donors (Lipinski definition) is 0. The van der Waals surface area contributed by atoms with Crippen molar-refractivity contribution in [3.05, 3.63) is 131 Å². The summed E-state index contributed by atoms with van der Waals surface area (Å²) in [7, 11) is 0. The van der Waals surface area contributed by atoms with Gasteiger partial charge in [0.25, 0.3) is 0 Å². The summed E-state index contributed by atoms with van der Waals surface area (Å²) in [5.41, 5.74) is 8.78. The molecule has 33 heavy (non-hydrogen) atoms. The van der Waals surface area contributed by atoms with Crippen molar-refractivity contribution in [1.82, 2.24) is 4.57 Å². The summed E-state index contributed by atoms with van der Waals surface area (Å²) in [6.45, 7) is 2.11. The van der Waals surface area contributed by atoms with Gasteiger partial charge >= 0.3 is 0 Å². The number of hydrogen-bond acceptors (Lipinski definition) is 1. The Morgan fingerprint density at radius 1 is 0.697 bits per heavy atom. The Hall–Kier alpha value is -3.88. The van der Waals surface area contributed by atoms with Gasteiger partial charge in [0.2, 0.25) is 0 Å². The van der Waals surface area contributed by atoms with Crippen molar-refractivity contribution in [2.24, 2.45) is 4.99 Å². The minimum Gasteiger partial charge on any atom is -0.309 e. The van der Waals surface area contributed by atoms with Crippen LogP contribution in [0.4, 0.5) is 5.69 Å². The maximum Gasteiger partial charge on any atom is 0.0630 e. The molecule has 0 atom stereocenters. The van der Waals surface area contributed by atoms with Crippen molar-refractivity contribution in [1.29, 1.82) is 0 Å². The molecular weight excluding hydrogens is 424 g/mol. The molecule has 0 unspecified atom stereocenters. The molecule has 2 nitrogen and oxygen atoms in total. The minimum absolute atomic E-state index is 0.704. The minimum atomic E-state index is 0.704. The molecule has 160 valence electrons. The van der Waals surface area contributed by atoms with Gasteiger partial charge in [0.05, 0.1) is 17.1 Å². The van der Waals surface area contributed by atoms with Crippen LogP contribution in [-0.2, 0) is 0 Å². The van der Waals surface area contributed by atoms with E-state index in [9.17, 15) is 0 Å². The van der Waals surface area contributed by atoms with Gasteiger partial charge in [-0.2, -0.15) is 0 Å². The van der Waals surface area contributed by atoms with Gasteiger partial charge in [0.15, 0.2) is 0 Å². The van der Waals surface area contributed by atoms with Gasteiger partial charge in [0.1, 0.15) is 0 Å². The number of nitrogens with zero attached hydrogens (tertiary/aromatic N) is 2. The van der Waals surface area contributed by atoms with Gasteiger partial charge in [-0.3, -0.25) is 4.99 Å². The number of rotatable bonds is 5. The standard InChI is InChI=1S/C30H23ClN2/c1-22-12-18-28(19-13-22)33-29(23-8-4-2-5-9-23)20-25(30(33)24-10-6-3-7-11-24)21-32-27-16-14-26(31)15-17-27/h2-21H,1H3. The second-order valence-electron chi connectivity index (χ2n) is 7.97. The number of aryl methyl sites for hydroxylation is 1. The van der Waals surface area contributed by atoms with Crippen molar-refractivity contribution in [3.8, 4) is 28.2 Å². The van der Waals surface area contributed by atoms with E-state index < -0.39 is 0 Å². The first-order valence-corrected chi connectivity index (χ1v) is 11.3. The third-order valence-corrected chi connectivity index (χ3v) is 5.87. The molecule has 5 aromatic rings. The number of halogens is 1. The molecular formula is C30H23ClN2. The first kappa shape index (κ1) is 21.0. The van der Waals surface area contributed by atoms with Crippen molar-refractivity contribution >= 4 is 23.5 Å². The van der Waals surface area contributed by atoms with E-state index in [0.717, 1.165) is 39.5 Å². The quantitative estimate of drug-likeness (QED) is 0.241. The zero-order valence-corrected chi connectivity index (χ0v) is 19.1. The van der Waals surface area contributed by atoms with Crippen LogP contribution in [0.3, 0.4) is 0 Å². The highest BCUT2D eigenvalue weighted by molar-refractivity contribution is 6.30. The van der Waals surface area contributed by atoms with Gasteiger partial charge in [-0.1, -0.05) is 90.0 Å². The van der Waals surface area contributed by atoms with Crippen LogP contribution in [0.1, 0.15) is 11.1 Å². The first-order valence-electron chi connectivity index (χ1n) is 10.9. The summed E-state index contributed by atoms with van der Waals surface area (Å²) < 4.78 is 2.33. The van der Waals surface area contributed by atoms with Crippen LogP contribution in [0, 0.1) is 6.92 Å². The predicted octanol–water partition coefficient (Wildman–Crippen LogP) is 8.52. The molecule has 3 heteroatoms. The smallest absolute Gasteiger partial charge is 0.0630 e. The van der Waals surface area contributed by atoms with Crippen LogP contribution >= 0.6 is 11.6 Å². The lowest BCUT2D eigenvalue weighted by atomic mass is 10.1. The average Bonchev–Trinajstić information content (AvgIpc) is 3.25. The second kappa shape index (κ2) is 9.32. The summed E-state index contributed by atoms with van der Waals surface area (Å²) in [5.74, 6) is 0. The maximum absolute atomic E-state index is 6.05. The molecule has 0 fully saturated rings. The van der Waals surface area contributed by atoms with E-state index >= 15 is 0 Å². The summed E-state index contributed by atoms with van der Waals surface area (Å²) in [5, 5.41) is 0.704. The first-order chi connectivity index (χ1) is 16.2. The Morgan fingerprint density at radius 2 is 1.30 bits per heavy atom. The lowest BCUT2D eigenvalue weighted by Crippen LogP contribution is -2.00. The van der Waals surface area contributed by atoms with Crippen LogP contribution in [0.5, 0.6) is 0 Å². The highest BCUT2D eigenvalue weighted by atomic mass is 35.5. The Kier molecular flexibility index (Phi) is 5.93. The van der Waals surface area contributed by atoms with E-state index in [0.29, 0.717) is 5.02 Å². The molecule has 0 saturated carbocycles. The monoisotopic (exact) mass is 446 g/mol. The van der Waals surface area contributed by atoms with Crippen molar-refractivity contribution in [3.63, 3.8) is 0 Å². The Bertz CT molecular complexity index is 1380. The second-order valence-corrected chi connectivity index (χ2v) is 8.41. The van der Waals surface area contributed by atoms with Crippen molar-refractivity contribution in [2.75, 3.05) is 0 Å². The Morgan fingerprint density at radius 3 is 1.94 bits per heavy atom. The van der Waals surface area contributed by atoms with E-state index in [1.165, 1.54) is 5.56 Å². The molecule has 0 aliphatic rings. The molecule has 0 N–H and O–H groups in total. The molecule has 0 aliphatic heterocycles. The molecule has 0 spiro atoms. The van der Waals surface area contributed by atoms with Crippen molar-refractivity contribution < 1.29 is 0 Å². The maximum atomic E-state index is 6.05. The lowest BCUT2D eigenvalue weighted by Gasteiger charge is -2.15. The van der Waals surface area contributed by atoms with Crippen LogP contribution in [0.15, 0.2) is 120 Å². The summed E-state index contributed by atoms with van der Waals surface area (Å²) in [6, 6.07) is 39.4. The third kappa shape index (κ3) is 4.52. The molecule has 1 aromatic heterocycles. The molecule has 4 aromatic carbocycles. The molecule has 1 heterocycles. The highest BCUT2D eigenvalue weighted by Crippen LogP contribution is 2.35.